The molecule has 2 aromatic heterocycles. The average Bonchev–Trinajstić information content (AvgIpc) is 2.81. The van der Waals surface area contributed by atoms with Gasteiger partial charge in [0.2, 0.25) is 0 Å². The van der Waals surface area contributed by atoms with Crippen LogP contribution in [-0.2, 0) is 6.42 Å². The normalized spacial score (nSPS) is 12.6. The number of aromatic nitrogens is 1. The molecule has 0 saturated carbocycles. The smallest absolute Gasteiger partial charge is 0.0701 e. The summed E-state index contributed by atoms with van der Waals surface area (Å²) in [6.07, 6.45) is 5.94. The SMILES string of the molecule is CCCNC(Cc1ccc(Br)s1)c1cccnc1. The fourth-order valence-corrected chi connectivity index (χ4v) is 3.40. The zero-order chi connectivity index (χ0) is 12.8. The second-order valence-corrected chi connectivity index (χ2v) is 6.75. The van der Waals surface area contributed by atoms with E-state index in [0.717, 1.165) is 19.4 Å². The fourth-order valence-electron chi connectivity index (χ4n) is 1.87. The van der Waals surface area contributed by atoms with Gasteiger partial charge in [0.25, 0.3) is 0 Å². The lowest BCUT2D eigenvalue weighted by atomic mass is 10.0. The van der Waals surface area contributed by atoms with Crippen LogP contribution in [0.2, 0.25) is 0 Å². The predicted molar refractivity (Wildman–Crippen MR) is 81.0 cm³/mol. The second-order valence-electron chi connectivity index (χ2n) is 4.20. The molecule has 0 spiro atoms. The molecule has 0 bridgehead atoms. The van der Waals surface area contributed by atoms with E-state index in [1.165, 1.54) is 14.2 Å². The molecular formula is C14H17BrN2S. The lowest BCUT2D eigenvalue weighted by Gasteiger charge is -2.17. The largest absolute Gasteiger partial charge is 0.310 e. The van der Waals surface area contributed by atoms with Gasteiger partial charge in [0.05, 0.1) is 3.79 Å². The predicted octanol–water partition coefficient (Wildman–Crippen LogP) is 4.19. The fraction of sp³-hybridized carbons (Fsp3) is 0.357. The number of pyridine rings is 1. The summed E-state index contributed by atoms with van der Waals surface area (Å²) >= 11 is 5.32. The van der Waals surface area contributed by atoms with Crippen molar-refractivity contribution in [3.63, 3.8) is 0 Å². The van der Waals surface area contributed by atoms with Crippen molar-refractivity contribution >= 4 is 27.3 Å². The summed E-state index contributed by atoms with van der Waals surface area (Å²) in [4.78, 5) is 5.60. The first-order valence-corrected chi connectivity index (χ1v) is 7.78. The third-order valence-corrected chi connectivity index (χ3v) is 4.41. The Morgan fingerprint density at radius 2 is 2.28 bits per heavy atom. The van der Waals surface area contributed by atoms with Crippen LogP contribution in [0.5, 0.6) is 0 Å². The van der Waals surface area contributed by atoms with Gasteiger partial charge in [0.15, 0.2) is 0 Å². The lowest BCUT2D eigenvalue weighted by molar-refractivity contribution is 0.531. The molecule has 96 valence electrons. The highest BCUT2D eigenvalue weighted by atomic mass is 79.9. The van der Waals surface area contributed by atoms with Gasteiger partial charge in [0.1, 0.15) is 0 Å². The number of halogens is 1. The molecule has 0 aliphatic heterocycles. The molecule has 2 nitrogen and oxygen atoms in total. The number of nitrogens with zero attached hydrogens (tertiary/aromatic N) is 1. The maximum Gasteiger partial charge on any atom is 0.0701 e. The Balaban J connectivity index is 2.10. The Bertz CT molecular complexity index is 470. The zero-order valence-electron chi connectivity index (χ0n) is 10.4. The molecule has 2 aromatic rings. The molecule has 0 aliphatic carbocycles. The number of hydrogen-bond acceptors (Lipinski definition) is 3. The first-order valence-electron chi connectivity index (χ1n) is 6.17. The molecule has 2 rings (SSSR count). The van der Waals surface area contributed by atoms with Gasteiger partial charge in [-0.15, -0.1) is 11.3 Å². The minimum Gasteiger partial charge on any atom is -0.310 e. The lowest BCUT2D eigenvalue weighted by Crippen LogP contribution is -2.23. The van der Waals surface area contributed by atoms with Crippen molar-refractivity contribution in [1.29, 1.82) is 0 Å². The van der Waals surface area contributed by atoms with Gasteiger partial charge >= 0.3 is 0 Å². The van der Waals surface area contributed by atoms with E-state index in [1.54, 1.807) is 11.3 Å². The summed E-state index contributed by atoms with van der Waals surface area (Å²) in [6, 6.07) is 8.79. The molecule has 1 atom stereocenters. The van der Waals surface area contributed by atoms with Crippen LogP contribution in [0.1, 0.15) is 29.8 Å². The molecule has 0 aromatic carbocycles. The van der Waals surface area contributed by atoms with Crippen LogP contribution in [0.3, 0.4) is 0 Å². The molecule has 2 heterocycles. The molecule has 0 radical (unpaired) electrons. The molecule has 0 aliphatic rings. The van der Waals surface area contributed by atoms with Crippen LogP contribution in [0.4, 0.5) is 0 Å². The van der Waals surface area contributed by atoms with E-state index >= 15 is 0 Å². The minimum atomic E-state index is 0.351. The van der Waals surface area contributed by atoms with E-state index in [4.69, 9.17) is 0 Å². The van der Waals surface area contributed by atoms with E-state index < -0.39 is 0 Å². The molecule has 4 heteroatoms. The van der Waals surface area contributed by atoms with Gasteiger partial charge in [0, 0.05) is 29.7 Å². The molecule has 0 saturated heterocycles. The van der Waals surface area contributed by atoms with Gasteiger partial charge in [-0.25, -0.2) is 0 Å². The van der Waals surface area contributed by atoms with Crippen molar-refractivity contribution in [3.8, 4) is 0 Å². The Morgan fingerprint density at radius 1 is 1.39 bits per heavy atom. The summed E-state index contributed by atoms with van der Waals surface area (Å²) in [5, 5.41) is 3.59. The highest BCUT2D eigenvalue weighted by molar-refractivity contribution is 9.11. The topological polar surface area (TPSA) is 24.9 Å². The van der Waals surface area contributed by atoms with Crippen LogP contribution in [-0.4, -0.2) is 11.5 Å². The molecular weight excluding hydrogens is 308 g/mol. The van der Waals surface area contributed by atoms with Gasteiger partial charge < -0.3 is 5.32 Å². The summed E-state index contributed by atoms with van der Waals surface area (Å²) in [6.45, 7) is 3.22. The number of hydrogen-bond donors (Lipinski definition) is 1. The third-order valence-electron chi connectivity index (χ3n) is 2.76. The summed E-state index contributed by atoms with van der Waals surface area (Å²) in [5.41, 5.74) is 1.26. The summed E-state index contributed by atoms with van der Waals surface area (Å²) < 4.78 is 1.19. The zero-order valence-corrected chi connectivity index (χ0v) is 12.8. The van der Waals surface area contributed by atoms with E-state index in [0.29, 0.717) is 6.04 Å². The molecule has 0 fully saturated rings. The maximum absolute atomic E-state index is 4.21. The quantitative estimate of drug-likeness (QED) is 0.861. The number of thiophene rings is 1. The number of rotatable bonds is 6. The second kappa shape index (κ2) is 7.02. The minimum absolute atomic E-state index is 0.351. The Hall–Kier alpha value is -0.710. The first kappa shape index (κ1) is 13.7. The molecule has 0 amide bonds. The Kier molecular flexibility index (Phi) is 5.35. The standard InChI is InChI=1S/C14H17BrN2S/c1-2-7-17-13(11-4-3-8-16-10-11)9-12-5-6-14(15)18-12/h3-6,8,10,13,17H,2,7,9H2,1H3. The van der Waals surface area contributed by atoms with Crippen LogP contribution < -0.4 is 5.32 Å². The first-order chi connectivity index (χ1) is 8.79. The van der Waals surface area contributed by atoms with Crippen molar-refractivity contribution in [3.05, 3.63) is 50.9 Å². The third kappa shape index (κ3) is 3.90. The maximum atomic E-state index is 4.21. The molecule has 1 unspecified atom stereocenters. The van der Waals surface area contributed by atoms with Crippen LogP contribution in [0, 0.1) is 0 Å². The van der Waals surface area contributed by atoms with E-state index in [9.17, 15) is 0 Å². The summed E-state index contributed by atoms with van der Waals surface area (Å²) in [7, 11) is 0. The van der Waals surface area contributed by atoms with Crippen molar-refractivity contribution in [2.45, 2.75) is 25.8 Å². The van der Waals surface area contributed by atoms with Gasteiger partial charge in [-0.3, -0.25) is 4.98 Å². The van der Waals surface area contributed by atoms with Crippen LogP contribution in [0.25, 0.3) is 0 Å². The monoisotopic (exact) mass is 324 g/mol. The van der Waals surface area contributed by atoms with Crippen LogP contribution in [0.15, 0.2) is 40.4 Å². The van der Waals surface area contributed by atoms with Gasteiger partial charge in [-0.05, 0) is 52.7 Å². The molecule has 18 heavy (non-hydrogen) atoms. The molecule has 1 N–H and O–H groups in total. The Morgan fingerprint density at radius 3 is 2.89 bits per heavy atom. The van der Waals surface area contributed by atoms with Gasteiger partial charge in [-0.1, -0.05) is 13.0 Å². The van der Waals surface area contributed by atoms with E-state index in [1.807, 2.05) is 18.5 Å². The van der Waals surface area contributed by atoms with E-state index in [2.05, 4.69) is 51.4 Å². The summed E-state index contributed by atoms with van der Waals surface area (Å²) in [5.74, 6) is 0. The van der Waals surface area contributed by atoms with Crippen LogP contribution >= 0.6 is 27.3 Å². The Labute approximate surface area is 121 Å². The van der Waals surface area contributed by atoms with Crippen molar-refractivity contribution in [1.82, 2.24) is 10.3 Å². The van der Waals surface area contributed by atoms with Crippen molar-refractivity contribution in [2.24, 2.45) is 0 Å². The van der Waals surface area contributed by atoms with Crippen molar-refractivity contribution < 1.29 is 0 Å². The highest BCUT2D eigenvalue weighted by Gasteiger charge is 2.12. The highest BCUT2D eigenvalue weighted by Crippen LogP contribution is 2.26. The van der Waals surface area contributed by atoms with Crippen molar-refractivity contribution in [2.75, 3.05) is 6.54 Å². The average molecular weight is 325 g/mol. The van der Waals surface area contributed by atoms with E-state index in [-0.39, 0.29) is 0 Å². The number of nitrogens with one attached hydrogen (secondary N) is 1. The van der Waals surface area contributed by atoms with Gasteiger partial charge in [-0.2, -0.15) is 0 Å².